The van der Waals surface area contributed by atoms with E-state index in [1.54, 1.807) is 4.90 Å². The van der Waals surface area contributed by atoms with Crippen LogP contribution in [0.25, 0.3) is 15.7 Å². The Morgan fingerprint density at radius 3 is 2.91 bits per heavy atom. The molecule has 1 aliphatic rings. The summed E-state index contributed by atoms with van der Waals surface area (Å²) in [6, 6.07) is 0. The molecule has 0 atom stereocenters. The molecule has 2 aromatic heterocycles. The van der Waals surface area contributed by atoms with Gasteiger partial charge in [0.2, 0.25) is 0 Å². The second-order valence-corrected chi connectivity index (χ2v) is 5.20. The number of nitrogens with one attached hydrogen (secondary N) is 1. The molecule has 0 spiro atoms. The van der Waals surface area contributed by atoms with Gasteiger partial charge in [-0.05, 0) is 12.8 Å². The van der Waals surface area contributed by atoms with Crippen LogP contribution in [0.3, 0.4) is 0 Å². The highest BCUT2D eigenvalue weighted by molar-refractivity contribution is 5.79. The van der Waals surface area contributed by atoms with Crippen LogP contribution in [0, 0.1) is 6.57 Å². The minimum Gasteiger partial charge on any atom is -0.336 e. The number of piperidine rings is 1. The number of carbonyl (C=O) groups is 1. The lowest BCUT2D eigenvalue weighted by molar-refractivity contribution is -0.130. The number of fused-ring (bicyclic) bond motifs is 1. The zero-order valence-electron chi connectivity index (χ0n) is 11.8. The van der Waals surface area contributed by atoms with Gasteiger partial charge in [0.15, 0.2) is 0 Å². The Labute approximate surface area is 126 Å². The molecule has 112 valence electrons. The van der Waals surface area contributed by atoms with Crippen molar-refractivity contribution in [3.63, 3.8) is 0 Å². The SMILES string of the molecule is [C-]#[N+]CC(=O)N1CCC(c2ncc3c(=O)[nH]ncc3n2)CC1. The molecule has 3 rings (SSSR count). The molecule has 0 saturated carbocycles. The highest BCUT2D eigenvalue weighted by Gasteiger charge is 2.26. The maximum atomic E-state index is 11.7. The summed E-state index contributed by atoms with van der Waals surface area (Å²) in [5.41, 5.74) is 0.226. The monoisotopic (exact) mass is 298 g/mol. The fourth-order valence-electron chi connectivity index (χ4n) is 2.65. The molecule has 0 aromatic carbocycles. The lowest BCUT2D eigenvalue weighted by atomic mass is 9.96. The molecular weight excluding hydrogens is 284 g/mol. The number of H-pyrrole nitrogens is 1. The van der Waals surface area contributed by atoms with Crippen LogP contribution in [-0.2, 0) is 4.79 Å². The van der Waals surface area contributed by atoms with Gasteiger partial charge in [0.05, 0.1) is 17.1 Å². The van der Waals surface area contributed by atoms with Crippen molar-refractivity contribution >= 4 is 16.8 Å². The number of aromatic nitrogens is 4. The summed E-state index contributed by atoms with van der Waals surface area (Å²) in [5, 5.41) is 6.51. The van der Waals surface area contributed by atoms with Gasteiger partial charge in [0.1, 0.15) is 5.82 Å². The van der Waals surface area contributed by atoms with Gasteiger partial charge in [0.25, 0.3) is 12.1 Å². The van der Waals surface area contributed by atoms with Crippen molar-refractivity contribution in [3.05, 3.63) is 40.0 Å². The van der Waals surface area contributed by atoms with Crippen LogP contribution in [0.1, 0.15) is 24.6 Å². The number of aromatic amines is 1. The summed E-state index contributed by atoms with van der Waals surface area (Å²) in [6.07, 6.45) is 4.54. The van der Waals surface area contributed by atoms with Crippen LogP contribution in [0.5, 0.6) is 0 Å². The molecule has 1 N–H and O–H groups in total. The molecule has 0 bridgehead atoms. The van der Waals surface area contributed by atoms with E-state index >= 15 is 0 Å². The van der Waals surface area contributed by atoms with Gasteiger partial charge in [-0.2, -0.15) is 5.10 Å². The first-order valence-corrected chi connectivity index (χ1v) is 7.00. The summed E-state index contributed by atoms with van der Waals surface area (Å²) < 4.78 is 0. The standard InChI is InChI=1S/C14H14N6O2/c1-15-8-12(21)20-4-2-9(3-5-20)13-16-6-10-11(18-13)7-17-19-14(10)22/h6-7,9H,2-5,8H2,(H,19,22). The smallest absolute Gasteiger partial charge is 0.302 e. The van der Waals surface area contributed by atoms with Crippen LogP contribution in [0.2, 0.25) is 0 Å². The predicted molar refractivity (Wildman–Crippen MR) is 78.0 cm³/mol. The van der Waals surface area contributed by atoms with E-state index in [9.17, 15) is 9.59 Å². The summed E-state index contributed by atoms with van der Waals surface area (Å²) in [4.78, 5) is 36.8. The van der Waals surface area contributed by atoms with E-state index in [1.165, 1.54) is 12.4 Å². The first kappa shape index (κ1) is 14.1. The number of hydrogen-bond acceptors (Lipinski definition) is 5. The Hall–Kier alpha value is -2.82. The Morgan fingerprint density at radius 2 is 2.18 bits per heavy atom. The Kier molecular flexibility index (Phi) is 3.78. The average molecular weight is 298 g/mol. The van der Waals surface area contributed by atoms with E-state index in [-0.39, 0.29) is 23.9 Å². The van der Waals surface area contributed by atoms with Crippen LogP contribution in [0.4, 0.5) is 0 Å². The second kappa shape index (κ2) is 5.89. The van der Waals surface area contributed by atoms with Crippen molar-refractivity contribution in [1.82, 2.24) is 25.1 Å². The lowest BCUT2D eigenvalue weighted by Gasteiger charge is -2.30. The molecule has 0 unspecified atom stereocenters. The minimum absolute atomic E-state index is 0.0917. The van der Waals surface area contributed by atoms with Crippen molar-refractivity contribution in [2.24, 2.45) is 0 Å². The molecular formula is C14H14N6O2. The van der Waals surface area contributed by atoms with Crippen LogP contribution in [0.15, 0.2) is 17.2 Å². The highest BCUT2D eigenvalue weighted by atomic mass is 16.2. The number of hydrogen-bond donors (Lipinski definition) is 1. The second-order valence-electron chi connectivity index (χ2n) is 5.20. The van der Waals surface area contributed by atoms with E-state index < -0.39 is 0 Å². The summed E-state index contributed by atoms with van der Waals surface area (Å²) >= 11 is 0. The lowest BCUT2D eigenvalue weighted by Crippen LogP contribution is -2.39. The molecule has 1 saturated heterocycles. The average Bonchev–Trinajstić information content (AvgIpc) is 2.55. The third-order valence-corrected chi connectivity index (χ3v) is 3.86. The predicted octanol–water partition coefficient (Wildman–Crippen LogP) is 0.338. The van der Waals surface area contributed by atoms with Crippen LogP contribution < -0.4 is 5.56 Å². The first-order chi connectivity index (χ1) is 10.7. The van der Waals surface area contributed by atoms with Crippen molar-refractivity contribution in [2.45, 2.75) is 18.8 Å². The van der Waals surface area contributed by atoms with Crippen molar-refractivity contribution in [3.8, 4) is 0 Å². The largest absolute Gasteiger partial charge is 0.336 e. The summed E-state index contributed by atoms with van der Waals surface area (Å²) in [7, 11) is 0. The van der Waals surface area contributed by atoms with Crippen molar-refractivity contribution < 1.29 is 4.79 Å². The number of nitrogens with zero attached hydrogens (tertiary/aromatic N) is 5. The topological polar surface area (TPSA) is 96.2 Å². The zero-order chi connectivity index (χ0) is 15.5. The van der Waals surface area contributed by atoms with Crippen molar-refractivity contribution in [1.29, 1.82) is 0 Å². The molecule has 1 aliphatic heterocycles. The summed E-state index contributed by atoms with van der Waals surface area (Å²) in [6.45, 7) is 7.86. The molecule has 8 heteroatoms. The van der Waals surface area contributed by atoms with Gasteiger partial charge in [0, 0.05) is 25.2 Å². The fraction of sp³-hybridized carbons (Fsp3) is 0.429. The number of rotatable bonds is 2. The third kappa shape index (κ3) is 2.65. The van der Waals surface area contributed by atoms with Gasteiger partial charge >= 0.3 is 5.91 Å². The Morgan fingerprint density at radius 1 is 1.41 bits per heavy atom. The van der Waals surface area contributed by atoms with Crippen molar-refractivity contribution in [2.75, 3.05) is 19.6 Å². The van der Waals surface area contributed by atoms with Gasteiger partial charge in [-0.15, -0.1) is 0 Å². The Balaban J connectivity index is 1.75. The maximum Gasteiger partial charge on any atom is 0.302 e. The van der Waals surface area contributed by atoms with E-state index in [1.807, 2.05) is 0 Å². The quantitative estimate of drug-likeness (QED) is 0.806. The zero-order valence-corrected chi connectivity index (χ0v) is 11.8. The number of amides is 1. The molecule has 2 aromatic rings. The van der Waals surface area contributed by atoms with Crippen LogP contribution in [-0.4, -0.2) is 50.6 Å². The molecule has 22 heavy (non-hydrogen) atoms. The minimum atomic E-state index is -0.302. The van der Waals surface area contributed by atoms with Gasteiger partial charge in [-0.3, -0.25) is 9.59 Å². The molecule has 1 fully saturated rings. The third-order valence-electron chi connectivity index (χ3n) is 3.86. The van der Waals surface area contributed by atoms with Gasteiger partial charge in [-0.1, -0.05) is 0 Å². The van der Waals surface area contributed by atoms with E-state index in [4.69, 9.17) is 6.57 Å². The highest BCUT2D eigenvalue weighted by Crippen LogP contribution is 2.26. The fourth-order valence-corrected chi connectivity index (χ4v) is 2.65. The number of carbonyl (C=O) groups excluding carboxylic acids is 1. The molecule has 1 amide bonds. The van der Waals surface area contributed by atoms with Gasteiger partial charge in [-0.25, -0.2) is 21.6 Å². The molecule has 3 heterocycles. The first-order valence-electron chi connectivity index (χ1n) is 7.00. The van der Waals surface area contributed by atoms with E-state index in [0.717, 1.165) is 12.8 Å². The molecule has 0 radical (unpaired) electrons. The molecule has 8 nitrogen and oxygen atoms in total. The van der Waals surface area contributed by atoms with E-state index in [2.05, 4.69) is 25.0 Å². The van der Waals surface area contributed by atoms with Crippen LogP contribution >= 0.6 is 0 Å². The Bertz CT molecular complexity index is 801. The maximum absolute atomic E-state index is 11.7. The van der Waals surface area contributed by atoms with Gasteiger partial charge < -0.3 is 9.74 Å². The van der Waals surface area contributed by atoms with E-state index in [0.29, 0.717) is 29.8 Å². The normalized spacial score (nSPS) is 15.7. The number of likely N-dealkylation sites (tertiary alicyclic amines) is 1. The summed E-state index contributed by atoms with van der Waals surface area (Å²) in [5.74, 6) is 0.710. The molecule has 0 aliphatic carbocycles.